The van der Waals surface area contributed by atoms with Crippen molar-refractivity contribution in [3.8, 4) is 17.6 Å². The molecule has 0 atom stereocenters. The number of nitrogens with zero attached hydrogens (tertiary/aromatic N) is 1. The van der Waals surface area contributed by atoms with Gasteiger partial charge in [-0.15, -0.1) is 0 Å². The number of benzene rings is 3. The first-order valence-corrected chi connectivity index (χ1v) is 10.7. The molecule has 0 amide bonds. The summed E-state index contributed by atoms with van der Waals surface area (Å²) >= 11 is 4.49. The zero-order chi connectivity index (χ0) is 19.9. The summed E-state index contributed by atoms with van der Waals surface area (Å²) in [4.78, 5) is 0. The Bertz CT molecular complexity index is 1020. The van der Waals surface area contributed by atoms with Crippen LogP contribution < -0.4 is 9.47 Å². The smallest absolute Gasteiger partial charge is 0.174 e. The van der Waals surface area contributed by atoms with Crippen LogP contribution in [0.5, 0.6) is 11.5 Å². The Morgan fingerprint density at radius 2 is 1.75 bits per heavy atom. The van der Waals surface area contributed by atoms with Crippen molar-refractivity contribution in [2.24, 2.45) is 0 Å². The van der Waals surface area contributed by atoms with E-state index < -0.39 is 0 Å². The average molecular weight is 593 g/mol. The predicted molar refractivity (Wildman–Crippen MR) is 129 cm³/mol. The Balaban J connectivity index is 1.89. The molecular formula is C23H17I2NO2. The summed E-state index contributed by atoms with van der Waals surface area (Å²) in [5.41, 5.74) is 3.48. The quantitative estimate of drug-likeness (QED) is 0.185. The van der Waals surface area contributed by atoms with E-state index in [0.29, 0.717) is 23.7 Å². The second kappa shape index (κ2) is 9.94. The van der Waals surface area contributed by atoms with E-state index >= 15 is 0 Å². The summed E-state index contributed by atoms with van der Waals surface area (Å²) in [6.45, 7) is 0.467. The maximum atomic E-state index is 9.59. The molecule has 0 heterocycles. The van der Waals surface area contributed by atoms with Gasteiger partial charge in [-0.3, -0.25) is 0 Å². The van der Waals surface area contributed by atoms with Crippen LogP contribution >= 0.6 is 45.2 Å². The Morgan fingerprint density at radius 3 is 2.39 bits per heavy atom. The Morgan fingerprint density at radius 1 is 1.04 bits per heavy atom. The highest BCUT2D eigenvalue weighted by molar-refractivity contribution is 14.1. The molecule has 0 aliphatic carbocycles. The number of hydrogen-bond acceptors (Lipinski definition) is 3. The van der Waals surface area contributed by atoms with Gasteiger partial charge in [0.05, 0.1) is 22.3 Å². The Hall–Kier alpha value is -2.05. The molecule has 0 N–H and O–H groups in total. The van der Waals surface area contributed by atoms with E-state index in [1.165, 1.54) is 0 Å². The van der Waals surface area contributed by atoms with Crippen molar-refractivity contribution < 1.29 is 9.47 Å². The number of ether oxygens (including phenoxy) is 2. The molecule has 0 saturated carbocycles. The molecule has 0 unspecified atom stereocenters. The molecule has 140 valence electrons. The fourth-order valence-corrected chi connectivity index (χ4v) is 3.81. The molecule has 0 aliphatic heterocycles. The van der Waals surface area contributed by atoms with E-state index in [4.69, 9.17) is 9.47 Å². The third-order valence-electron chi connectivity index (χ3n) is 4.06. The van der Waals surface area contributed by atoms with Crippen molar-refractivity contribution in [1.82, 2.24) is 0 Å². The van der Waals surface area contributed by atoms with Crippen LogP contribution in [0.2, 0.25) is 0 Å². The first-order chi connectivity index (χ1) is 13.6. The number of allylic oxidation sites excluding steroid dienone is 1. The van der Waals surface area contributed by atoms with Crippen LogP contribution in [0.1, 0.15) is 16.7 Å². The van der Waals surface area contributed by atoms with Crippen molar-refractivity contribution in [3.63, 3.8) is 0 Å². The lowest BCUT2D eigenvalue weighted by Gasteiger charge is -2.14. The summed E-state index contributed by atoms with van der Waals surface area (Å²) in [7, 11) is 1.62. The molecule has 0 fully saturated rings. The predicted octanol–water partition coefficient (Wildman–Crippen LogP) is 6.55. The fourth-order valence-electron chi connectivity index (χ4n) is 2.67. The molecule has 3 aromatic carbocycles. The second-order valence-electron chi connectivity index (χ2n) is 5.99. The molecule has 0 spiro atoms. The molecular weight excluding hydrogens is 576 g/mol. The van der Waals surface area contributed by atoms with E-state index in [1.807, 2.05) is 72.8 Å². The minimum atomic E-state index is 0.467. The van der Waals surface area contributed by atoms with Crippen LogP contribution in [0.25, 0.3) is 11.6 Å². The molecule has 5 heteroatoms. The maximum absolute atomic E-state index is 9.59. The van der Waals surface area contributed by atoms with Gasteiger partial charge in [-0.25, -0.2) is 0 Å². The minimum absolute atomic E-state index is 0.467. The summed E-state index contributed by atoms with van der Waals surface area (Å²) in [5, 5.41) is 9.59. The van der Waals surface area contributed by atoms with E-state index in [9.17, 15) is 5.26 Å². The molecule has 3 nitrogen and oxygen atoms in total. The summed E-state index contributed by atoms with van der Waals surface area (Å²) in [5.74, 6) is 1.35. The van der Waals surface area contributed by atoms with Crippen molar-refractivity contribution in [2.45, 2.75) is 6.61 Å². The first-order valence-electron chi connectivity index (χ1n) is 8.52. The number of rotatable bonds is 6. The van der Waals surface area contributed by atoms with Gasteiger partial charge in [-0.2, -0.15) is 5.26 Å². The third-order valence-corrected chi connectivity index (χ3v) is 5.58. The highest BCUT2D eigenvalue weighted by Crippen LogP contribution is 2.35. The average Bonchev–Trinajstić information content (AvgIpc) is 2.72. The number of halogens is 2. The van der Waals surface area contributed by atoms with E-state index in [-0.39, 0.29) is 0 Å². The highest BCUT2D eigenvalue weighted by atomic mass is 127. The van der Waals surface area contributed by atoms with Crippen LogP contribution in [-0.2, 0) is 6.61 Å². The van der Waals surface area contributed by atoms with E-state index in [2.05, 4.69) is 51.3 Å². The van der Waals surface area contributed by atoms with Gasteiger partial charge in [0, 0.05) is 3.57 Å². The number of nitriles is 1. The van der Waals surface area contributed by atoms with Crippen molar-refractivity contribution in [3.05, 3.63) is 90.6 Å². The standard InChI is InChI=1S/C23H17I2NO2/c1-27-22-13-17(11-19(14-26)18-7-9-20(24)10-8-18)12-21(25)23(22)28-15-16-5-3-2-4-6-16/h2-13H,15H2,1H3/b19-11-. The van der Waals surface area contributed by atoms with Gasteiger partial charge in [-0.05, 0) is 92.2 Å². The van der Waals surface area contributed by atoms with Gasteiger partial charge < -0.3 is 9.47 Å². The first kappa shape index (κ1) is 20.7. The molecule has 3 rings (SSSR count). The molecule has 3 aromatic rings. The highest BCUT2D eigenvalue weighted by Gasteiger charge is 2.12. The van der Waals surface area contributed by atoms with Crippen LogP contribution in [0.3, 0.4) is 0 Å². The van der Waals surface area contributed by atoms with Crippen molar-refractivity contribution >= 4 is 56.8 Å². The van der Waals surface area contributed by atoms with Crippen molar-refractivity contribution in [1.29, 1.82) is 5.26 Å². The molecule has 0 saturated heterocycles. The minimum Gasteiger partial charge on any atom is -0.493 e. The Labute approximate surface area is 192 Å². The molecule has 0 aliphatic rings. The zero-order valence-corrected chi connectivity index (χ0v) is 19.5. The third kappa shape index (κ3) is 5.26. The van der Waals surface area contributed by atoms with Crippen LogP contribution in [-0.4, -0.2) is 7.11 Å². The lowest BCUT2D eigenvalue weighted by molar-refractivity contribution is 0.282. The fraction of sp³-hybridized carbons (Fsp3) is 0.0870. The van der Waals surface area contributed by atoms with Crippen LogP contribution in [0.4, 0.5) is 0 Å². The summed E-state index contributed by atoms with van der Waals surface area (Å²) in [6.07, 6.45) is 1.87. The molecule has 0 bridgehead atoms. The SMILES string of the molecule is COc1cc(/C=C(/C#N)c2ccc(I)cc2)cc(I)c1OCc1ccccc1. The lowest BCUT2D eigenvalue weighted by atomic mass is 10.0. The number of hydrogen-bond donors (Lipinski definition) is 0. The van der Waals surface area contributed by atoms with Crippen LogP contribution in [0, 0.1) is 18.5 Å². The maximum Gasteiger partial charge on any atom is 0.174 e. The van der Waals surface area contributed by atoms with Gasteiger partial charge in [0.2, 0.25) is 0 Å². The second-order valence-corrected chi connectivity index (χ2v) is 8.39. The van der Waals surface area contributed by atoms with Gasteiger partial charge in [0.15, 0.2) is 11.5 Å². The van der Waals surface area contributed by atoms with Gasteiger partial charge >= 0.3 is 0 Å². The van der Waals surface area contributed by atoms with Crippen molar-refractivity contribution in [2.75, 3.05) is 7.11 Å². The summed E-state index contributed by atoms with van der Waals surface area (Å²) < 4.78 is 13.6. The normalized spacial score (nSPS) is 11.0. The Kier molecular flexibility index (Phi) is 7.34. The monoisotopic (exact) mass is 593 g/mol. The largest absolute Gasteiger partial charge is 0.493 e. The van der Waals surface area contributed by atoms with E-state index in [1.54, 1.807) is 7.11 Å². The lowest BCUT2D eigenvalue weighted by Crippen LogP contribution is -2.00. The summed E-state index contributed by atoms with van der Waals surface area (Å²) in [6, 6.07) is 24.1. The number of methoxy groups -OCH3 is 1. The molecule has 0 radical (unpaired) electrons. The molecule has 28 heavy (non-hydrogen) atoms. The molecule has 0 aromatic heterocycles. The van der Waals surface area contributed by atoms with Crippen LogP contribution in [0.15, 0.2) is 66.7 Å². The van der Waals surface area contributed by atoms with Gasteiger partial charge in [-0.1, -0.05) is 42.5 Å². The topological polar surface area (TPSA) is 42.2 Å². The zero-order valence-electron chi connectivity index (χ0n) is 15.2. The van der Waals surface area contributed by atoms with Gasteiger partial charge in [0.1, 0.15) is 6.61 Å². The van der Waals surface area contributed by atoms with E-state index in [0.717, 1.165) is 23.8 Å². The van der Waals surface area contributed by atoms with Gasteiger partial charge in [0.25, 0.3) is 0 Å².